The van der Waals surface area contributed by atoms with Crippen molar-refractivity contribution in [1.82, 2.24) is 4.98 Å². The molecule has 1 heterocycles. The number of hydrogen-bond donors (Lipinski definition) is 1. The number of hydrogen-bond acceptors (Lipinski definition) is 1. The minimum absolute atomic E-state index is 0.115. The molecule has 1 aromatic carbocycles. The number of rotatable bonds is 3. The van der Waals surface area contributed by atoms with E-state index >= 15 is 0 Å². The van der Waals surface area contributed by atoms with Crippen LogP contribution in [0, 0.1) is 0 Å². The van der Waals surface area contributed by atoms with Crippen LogP contribution >= 0.6 is 11.6 Å². The molecule has 0 unspecified atom stereocenters. The lowest BCUT2D eigenvalue weighted by atomic mass is 10.0. The predicted octanol–water partition coefficient (Wildman–Crippen LogP) is 3.90. The van der Waals surface area contributed by atoms with Crippen LogP contribution in [0.3, 0.4) is 0 Å². The summed E-state index contributed by atoms with van der Waals surface area (Å²) in [5, 5.41) is 0. The standard InChI is InChI=1S/C15H16ClNO/c1-10(2)11-3-5-12(6-4-11)14-8-7-13(9-16)15(18)17-14/h3-8,10H,9H2,1-2H3,(H,17,18). The smallest absolute Gasteiger partial charge is 0.252 e. The van der Waals surface area contributed by atoms with Crippen LogP contribution in [-0.4, -0.2) is 4.98 Å². The molecule has 0 radical (unpaired) electrons. The van der Waals surface area contributed by atoms with Gasteiger partial charge in [0.1, 0.15) is 0 Å². The zero-order chi connectivity index (χ0) is 13.1. The summed E-state index contributed by atoms with van der Waals surface area (Å²) in [6.45, 7) is 4.32. The largest absolute Gasteiger partial charge is 0.322 e. The van der Waals surface area contributed by atoms with Gasteiger partial charge in [0.15, 0.2) is 0 Å². The van der Waals surface area contributed by atoms with E-state index in [1.807, 2.05) is 18.2 Å². The number of halogens is 1. The summed E-state index contributed by atoms with van der Waals surface area (Å²) in [4.78, 5) is 14.5. The van der Waals surface area contributed by atoms with Crippen molar-refractivity contribution in [2.24, 2.45) is 0 Å². The number of H-pyrrole nitrogens is 1. The quantitative estimate of drug-likeness (QED) is 0.835. The van der Waals surface area contributed by atoms with Gasteiger partial charge in [-0.25, -0.2) is 0 Å². The Morgan fingerprint density at radius 1 is 1.11 bits per heavy atom. The Bertz CT molecular complexity index is 584. The minimum Gasteiger partial charge on any atom is -0.322 e. The Morgan fingerprint density at radius 3 is 2.28 bits per heavy atom. The molecule has 1 aromatic heterocycles. The lowest BCUT2D eigenvalue weighted by Crippen LogP contribution is -2.11. The second kappa shape index (κ2) is 5.40. The molecule has 0 aliphatic heterocycles. The van der Waals surface area contributed by atoms with E-state index in [-0.39, 0.29) is 11.4 Å². The lowest BCUT2D eigenvalue weighted by Gasteiger charge is -2.07. The number of nitrogens with one attached hydrogen (secondary N) is 1. The van der Waals surface area contributed by atoms with Gasteiger partial charge in [0, 0.05) is 11.3 Å². The molecular weight excluding hydrogens is 246 g/mol. The molecule has 0 fully saturated rings. The number of benzene rings is 1. The van der Waals surface area contributed by atoms with E-state index in [2.05, 4.69) is 31.0 Å². The van der Waals surface area contributed by atoms with E-state index in [1.54, 1.807) is 6.07 Å². The molecule has 3 heteroatoms. The Balaban J connectivity index is 2.37. The first-order valence-electron chi connectivity index (χ1n) is 6.00. The fourth-order valence-electron chi connectivity index (χ4n) is 1.83. The zero-order valence-electron chi connectivity index (χ0n) is 10.5. The Kier molecular flexibility index (Phi) is 3.87. The molecule has 94 valence electrons. The number of alkyl halides is 1. The van der Waals surface area contributed by atoms with Gasteiger partial charge in [-0.05, 0) is 23.1 Å². The summed E-state index contributed by atoms with van der Waals surface area (Å²) in [6.07, 6.45) is 0. The molecule has 0 amide bonds. The maximum Gasteiger partial charge on any atom is 0.252 e. The van der Waals surface area contributed by atoms with Crippen molar-refractivity contribution >= 4 is 11.6 Å². The van der Waals surface area contributed by atoms with Crippen molar-refractivity contribution in [2.45, 2.75) is 25.6 Å². The number of aromatic amines is 1. The second-order valence-electron chi connectivity index (χ2n) is 4.64. The van der Waals surface area contributed by atoms with Crippen molar-refractivity contribution in [3.05, 3.63) is 57.9 Å². The normalized spacial score (nSPS) is 10.9. The van der Waals surface area contributed by atoms with E-state index in [0.29, 0.717) is 11.5 Å². The number of aromatic nitrogens is 1. The van der Waals surface area contributed by atoms with Gasteiger partial charge in [-0.3, -0.25) is 4.79 Å². The van der Waals surface area contributed by atoms with Crippen LogP contribution < -0.4 is 5.56 Å². The summed E-state index contributed by atoms with van der Waals surface area (Å²) in [5.41, 5.74) is 3.61. The summed E-state index contributed by atoms with van der Waals surface area (Å²) in [5.74, 6) is 0.749. The molecule has 1 N–H and O–H groups in total. The Labute approximate surface area is 112 Å². The van der Waals surface area contributed by atoms with Gasteiger partial charge < -0.3 is 4.98 Å². The van der Waals surface area contributed by atoms with E-state index in [0.717, 1.165) is 11.3 Å². The highest BCUT2D eigenvalue weighted by Gasteiger charge is 2.03. The maximum absolute atomic E-state index is 11.7. The van der Waals surface area contributed by atoms with Gasteiger partial charge in [0.25, 0.3) is 5.56 Å². The van der Waals surface area contributed by atoms with Gasteiger partial charge >= 0.3 is 0 Å². The first kappa shape index (κ1) is 12.9. The highest BCUT2D eigenvalue weighted by Crippen LogP contribution is 2.20. The summed E-state index contributed by atoms with van der Waals surface area (Å²) < 4.78 is 0. The molecule has 18 heavy (non-hydrogen) atoms. The predicted molar refractivity (Wildman–Crippen MR) is 76.1 cm³/mol. The summed E-state index contributed by atoms with van der Waals surface area (Å²) in [6, 6.07) is 11.9. The summed E-state index contributed by atoms with van der Waals surface area (Å²) >= 11 is 5.67. The van der Waals surface area contributed by atoms with Gasteiger partial charge in [-0.2, -0.15) is 0 Å². The molecule has 2 aromatic rings. The van der Waals surface area contributed by atoms with E-state index < -0.39 is 0 Å². The molecule has 0 spiro atoms. The van der Waals surface area contributed by atoms with Gasteiger partial charge in [-0.1, -0.05) is 44.2 Å². The van der Waals surface area contributed by atoms with Crippen molar-refractivity contribution < 1.29 is 0 Å². The SMILES string of the molecule is CC(C)c1ccc(-c2ccc(CCl)c(=O)[nH]2)cc1. The molecule has 0 atom stereocenters. The fraction of sp³-hybridized carbons (Fsp3) is 0.267. The highest BCUT2D eigenvalue weighted by atomic mass is 35.5. The number of pyridine rings is 1. The van der Waals surface area contributed by atoms with Crippen molar-refractivity contribution in [2.75, 3.05) is 0 Å². The van der Waals surface area contributed by atoms with Gasteiger partial charge in [0.05, 0.1) is 5.88 Å². The second-order valence-corrected chi connectivity index (χ2v) is 4.90. The highest BCUT2D eigenvalue weighted by molar-refractivity contribution is 6.17. The van der Waals surface area contributed by atoms with E-state index in [9.17, 15) is 4.79 Å². The molecule has 0 saturated carbocycles. The van der Waals surface area contributed by atoms with Crippen molar-refractivity contribution in [3.63, 3.8) is 0 Å². The first-order valence-corrected chi connectivity index (χ1v) is 6.53. The monoisotopic (exact) mass is 261 g/mol. The molecular formula is C15H16ClNO. The van der Waals surface area contributed by atoms with Crippen LogP contribution in [0.4, 0.5) is 0 Å². The molecule has 2 nitrogen and oxygen atoms in total. The summed E-state index contributed by atoms with van der Waals surface area (Å²) in [7, 11) is 0. The van der Waals surface area contributed by atoms with E-state index in [4.69, 9.17) is 11.6 Å². The average Bonchev–Trinajstić information content (AvgIpc) is 2.38. The fourth-order valence-corrected chi connectivity index (χ4v) is 2.04. The van der Waals surface area contributed by atoms with Crippen LogP contribution in [0.5, 0.6) is 0 Å². The third-order valence-corrected chi connectivity index (χ3v) is 3.31. The third kappa shape index (κ3) is 2.65. The van der Waals surface area contributed by atoms with Crippen LogP contribution in [0.1, 0.15) is 30.9 Å². The lowest BCUT2D eigenvalue weighted by molar-refractivity contribution is 0.867. The molecule has 0 aliphatic carbocycles. The van der Waals surface area contributed by atoms with E-state index in [1.165, 1.54) is 5.56 Å². The molecule has 0 aliphatic rings. The van der Waals surface area contributed by atoms with Gasteiger partial charge in [-0.15, -0.1) is 11.6 Å². The van der Waals surface area contributed by atoms with Crippen molar-refractivity contribution in [3.8, 4) is 11.3 Å². The Hall–Kier alpha value is -1.54. The topological polar surface area (TPSA) is 32.9 Å². The minimum atomic E-state index is -0.115. The average molecular weight is 262 g/mol. The maximum atomic E-state index is 11.7. The van der Waals surface area contributed by atoms with Crippen LogP contribution in [0.2, 0.25) is 0 Å². The van der Waals surface area contributed by atoms with Crippen molar-refractivity contribution in [1.29, 1.82) is 0 Å². The first-order chi connectivity index (χ1) is 8.61. The molecule has 2 rings (SSSR count). The molecule has 0 bridgehead atoms. The van der Waals surface area contributed by atoms with Crippen LogP contribution in [0.15, 0.2) is 41.2 Å². The van der Waals surface area contributed by atoms with Gasteiger partial charge in [0.2, 0.25) is 0 Å². The zero-order valence-corrected chi connectivity index (χ0v) is 11.3. The van der Waals surface area contributed by atoms with Crippen LogP contribution in [0.25, 0.3) is 11.3 Å². The van der Waals surface area contributed by atoms with Crippen LogP contribution in [-0.2, 0) is 5.88 Å². The Morgan fingerprint density at radius 2 is 1.78 bits per heavy atom. The third-order valence-electron chi connectivity index (χ3n) is 3.02. The molecule has 0 saturated heterocycles.